The number of benzene rings is 1. The normalized spacial score (nSPS) is 19.3. The number of amides is 1. The molecule has 1 aromatic carbocycles. The lowest BCUT2D eigenvalue weighted by molar-refractivity contribution is -0.0346. The van der Waals surface area contributed by atoms with Gasteiger partial charge in [0, 0.05) is 26.2 Å². The molecule has 1 atom stereocenters. The molecule has 23 heavy (non-hydrogen) atoms. The predicted molar refractivity (Wildman–Crippen MR) is 90.3 cm³/mol. The van der Waals surface area contributed by atoms with Crippen molar-refractivity contribution in [2.45, 2.75) is 45.4 Å². The summed E-state index contributed by atoms with van der Waals surface area (Å²) in [5.41, 5.74) is 0.859. The molecule has 0 saturated carbocycles. The highest BCUT2D eigenvalue weighted by molar-refractivity contribution is 5.67. The Morgan fingerprint density at radius 3 is 2.78 bits per heavy atom. The van der Waals surface area contributed by atoms with Gasteiger partial charge in [0.05, 0.1) is 12.7 Å². The van der Waals surface area contributed by atoms with Crippen LogP contribution in [0.1, 0.15) is 32.8 Å². The fraction of sp³-hybridized carbons (Fsp3) is 0.611. The molecule has 5 heteroatoms. The van der Waals surface area contributed by atoms with Crippen LogP contribution in [0.15, 0.2) is 30.3 Å². The van der Waals surface area contributed by atoms with E-state index in [1.807, 2.05) is 26.8 Å². The number of ether oxygens (including phenoxy) is 2. The molecule has 1 saturated heterocycles. The van der Waals surface area contributed by atoms with Gasteiger partial charge in [0.1, 0.15) is 5.60 Å². The van der Waals surface area contributed by atoms with E-state index in [4.69, 9.17) is 9.47 Å². The number of alkyl carbamates (subject to hydrolysis) is 1. The smallest absolute Gasteiger partial charge is 0.407 e. The van der Waals surface area contributed by atoms with E-state index in [2.05, 4.69) is 34.5 Å². The average Bonchev–Trinajstić information content (AvgIpc) is 2.47. The quantitative estimate of drug-likeness (QED) is 0.906. The summed E-state index contributed by atoms with van der Waals surface area (Å²) in [6, 6.07) is 10.5. The van der Waals surface area contributed by atoms with Crippen LogP contribution in [0.25, 0.3) is 0 Å². The summed E-state index contributed by atoms with van der Waals surface area (Å²) < 4.78 is 11.0. The Hall–Kier alpha value is -1.59. The van der Waals surface area contributed by atoms with E-state index in [9.17, 15) is 4.79 Å². The van der Waals surface area contributed by atoms with Crippen LogP contribution in [-0.2, 0) is 16.0 Å². The molecule has 5 nitrogen and oxygen atoms in total. The number of nitrogens with one attached hydrogen (secondary N) is 1. The minimum absolute atomic E-state index is 0.155. The van der Waals surface area contributed by atoms with E-state index in [1.54, 1.807) is 0 Å². The maximum absolute atomic E-state index is 11.6. The molecule has 1 N–H and O–H groups in total. The Bertz CT molecular complexity index is 485. The molecule has 0 aliphatic carbocycles. The molecular weight excluding hydrogens is 292 g/mol. The van der Waals surface area contributed by atoms with Crippen LogP contribution < -0.4 is 5.32 Å². The first-order chi connectivity index (χ1) is 10.9. The fourth-order valence-electron chi connectivity index (χ4n) is 2.59. The summed E-state index contributed by atoms with van der Waals surface area (Å²) in [6.45, 7) is 9.67. The summed E-state index contributed by atoms with van der Waals surface area (Å²) in [4.78, 5) is 14.0. The summed E-state index contributed by atoms with van der Waals surface area (Å²) >= 11 is 0. The van der Waals surface area contributed by atoms with Gasteiger partial charge >= 0.3 is 6.09 Å². The maximum Gasteiger partial charge on any atom is 0.407 e. The summed E-state index contributed by atoms with van der Waals surface area (Å²) in [5, 5.41) is 2.79. The standard InChI is InChI=1S/C18H28N2O3/c1-18(2,3)23-17(21)19-10-9-16-14-20(11-12-22-16)13-15-7-5-4-6-8-15/h4-8,16H,9-14H2,1-3H3,(H,19,21)/t16-/m1/s1. The molecule has 1 aliphatic rings. The zero-order chi connectivity index (χ0) is 16.7. The summed E-state index contributed by atoms with van der Waals surface area (Å²) in [7, 11) is 0. The second-order valence-electron chi connectivity index (χ2n) is 6.93. The van der Waals surface area contributed by atoms with Crippen LogP contribution in [0.5, 0.6) is 0 Å². The number of carbonyl (C=O) groups excluding carboxylic acids is 1. The minimum atomic E-state index is -0.460. The first-order valence-electron chi connectivity index (χ1n) is 8.27. The van der Waals surface area contributed by atoms with Crippen molar-refractivity contribution in [3.63, 3.8) is 0 Å². The lowest BCUT2D eigenvalue weighted by atomic mass is 10.1. The zero-order valence-electron chi connectivity index (χ0n) is 14.4. The van der Waals surface area contributed by atoms with Crippen molar-refractivity contribution in [1.29, 1.82) is 0 Å². The molecule has 0 aromatic heterocycles. The molecule has 128 valence electrons. The lowest BCUT2D eigenvalue weighted by Gasteiger charge is -2.33. The summed E-state index contributed by atoms with van der Waals surface area (Å²) in [6.07, 6.45) is 0.585. The molecule has 2 rings (SSSR count). The highest BCUT2D eigenvalue weighted by atomic mass is 16.6. The van der Waals surface area contributed by atoms with Gasteiger partial charge in [0.25, 0.3) is 0 Å². The number of carbonyl (C=O) groups is 1. The van der Waals surface area contributed by atoms with E-state index in [0.29, 0.717) is 6.54 Å². The highest BCUT2D eigenvalue weighted by Gasteiger charge is 2.21. The minimum Gasteiger partial charge on any atom is -0.444 e. The second kappa shape index (κ2) is 8.31. The number of morpholine rings is 1. The maximum atomic E-state index is 11.6. The van der Waals surface area contributed by atoms with Crippen molar-refractivity contribution in [3.8, 4) is 0 Å². The Labute approximate surface area is 139 Å². The molecule has 0 spiro atoms. The van der Waals surface area contributed by atoms with Crippen LogP contribution in [-0.4, -0.2) is 48.9 Å². The topological polar surface area (TPSA) is 50.8 Å². The fourth-order valence-corrected chi connectivity index (χ4v) is 2.59. The molecule has 1 fully saturated rings. The van der Waals surface area contributed by atoms with E-state index in [-0.39, 0.29) is 12.2 Å². The van der Waals surface area contributed by atoms with Gasteiger partial charge in [-0.1, -0.05) is 30.3 Å². The van der Waals surface area contributed by atoms with E-state index in [0.717, 1.165) is 32.7 Å². The molecule has 1 aromatic rings. The van der Waals surface area contributed by atoms with Gasteiger partial charge in [0.2, 0.25) is 0 Å². The molecule has 1 amide bonds. The average molecular weight is 320 g/mol. The number of rotatable bonds is 5. The highest BCUT2D eigenvalue weighted by Crippen LogP contribution is 2.12. The molecule has 1 aliphatic heterocycles. The third-order valence-electron chi connectivity index (χ3n) is 3.61. The largest absolute Gasteiger partial charge is 0.444 e. The van der Waals surface area contributed by atoms with Crippen molar-refractivity contribution in [3.05, 3.63) is 35.9 Å². The predicted octanol–water partition coefficient (Wildman–Crippen LogP) is 2.80. The van der Waals surface area contributed by atoms with Gasteiger partial charge in [0.15, 0.2) is 0 Å². The molecular formula is C18H28N2O3. The molecule has 0 bridgehead atoms. The van der Waals surface area contributed by atoms with Crippen LogP contribution in [0.3, 0.4) is 0 Å². The van der Waals surface area contributed by atoms with Gasteiger partial charge in [-0.2, -0.15) is 0 Å². The van der Waals surface area contributed by atoms with E-state index >= 15 is 0 Å². The van der Waals surface area contributed by atoms with Crippen molar-refractivity contribution in [2.75, 3.05) is 26.2 Å². The number of nitrogens with zero attached hydrogens (tertiary/aromatic N) is 1. The van der Waals surface area contributed by atoms with Crippen molar-refractivity contribution >= 4 is 6.09 Å². The van der Waals surface area contributed by atoms with E-state index < -0.39 is 5.60 Å². The lowest BCUT2D eigenvalue weighted by Crippen LogP contribution is -2.43. The Morgan fingerprint density at radius 2 is 2.09 bits per heavy atom. The first kappa shape index (κ1) is 17.8. The molecule has 1 heterocycles. The Balaban J connectivity index is 1.69. The van der Waals surface area contributed by atoms with Crippen molar-refractivity contribution in [2.24, 2.45) is 0 Å². The van der Waals surface area contributed by atoms with Gasteiger partial charge in [-0.05, 0) is 32.8 Å². The first-order valence-corrected chi connectivity index (χ1v) is 8.27. The Morgan fingerprint density at radius 1 is 1.35 bits per heavy atom. The van der Waals surface area contributed by atoms with Crippen molar-refractivity contribution in [1.82, 2.24) is 10.2 Å². The summed E-state index contributed by atoms with van der Waals surface area (Å²) in [5.74, 6) is 0. The molecule has 0 unspecified atom stereocenters. The van der Waals surface area contributed by atoms with Crippen LogP contribution in [0.4, 0.5) is 4.79 Å². The Kier molecular flexibility index (Phi) is 6.42. The third kappa shape index (κ3) is 7.01. The number of hydrogen-bond donors (Lipinski definition) is 1. The van der Waals surface area contributed by atoms with Crippen LogP contribution in [0, 0.1) is 0 Å². The van der Waals surface area contributed by atoms with E-state index in [1.165, 1.54) is 5.56 Å². The second-order valence-corrected chi connectivity index (χ2v) is 6.93. The molecule has 0 radical (unpaired) electrons. The van der Waals surface area contributed by atoms with Gasteiger partial charge < -0.3 is 14.8 Å². The monoisotopic (exact) mass is 320 g/mol. The van der Waals surface area contributed by atoms with Crippen LogP contribution in [0.2, 0.25) is 0 Å². The van der Waals surface area contributed by atoms with Gasteiger partial charge in [-0.25, -0.2) is 4.79 Å². The van der Waals surface area contributed by atoms with Gasteiger partial charge in [-0.3, -0.25) is 4.90 Å². The van der Waals surface area contributed by atoms with Gasteiger partial charge in [-0.15, -0.1) is 0 Å². The number of hydrogen-bond acceptors (Lipinski definition) is 4. The van der Waals surface area contributed by atoms with Crippen LogP contribution >= 0.6 is 0 Å². The SMILES string of the molecule is CC(C)(C)OC(=O)NCC[C@@H]1CN(Cc2ccccc2)CCO1. The van der Waals surface area contributed by atoms with Crippen molar-refractivity contribution < 1.29 is 14.3 Å². The zero-order valence-corrected chi connectivity index (χ0v) is 14.4. The third-order valence-corrected chi connectivity index (χ3v) is 3.61.